The van der Waals surface area contributed by atoms with Crippen LogP contribution in [0.25, 0.3) is 0 Å². The fourth-order valence-electron chi connectivity index (χ4n) is 4.77. The SMILES string of the molecule is CC[C@H]1CN(c2c(C)cc(C)cc2C)CN1c1c(C)cc(C)cc1C. The molecule has 1 fully saturated rings. The quantitative estimate of drug-likeness (QED) is 0.720. The topological polar surface area (TPSA) is 6.48 Å². The van der Waals surface area contributed by atoms with Gasteiger partial charge in [-0.15, -0.1) is 0 Å². The molecule has 1 saturated heterocycles. The van der Waals surface area contributed by atoms with Gasteiger partial charge in [-0.3, -0.25) is 0 Å². The van der Waals surface area contributed by atoms with E-state index in [1.54, 1.807) is 0 Å². The van der Waals surface area contributed by atoms with E-state index in [-0.39, 0.29) is 0 Å². The first-order valence-electron chi connectivity index (χ1n) is 9.49. The van der Waals surface area contributed by atoms with Crippen molar-refractivity contribution < 1.29 is 0 Å². The minimum Gasteiger partial charge on any atom is -0.351 e. The summed E-state index contributed by atoms with van der Waals surface area (Å²) >= 11 is 0. The third-order valence-electron chi connectivity index (χ3n) is 5.54. The predicted octanol–water partition coefficient (Wildman–Crippen LogP) is 5.60. The van der Waals surface area contributed by atoms with Gasteiger partial charge in [0, 0.05) is 24.0 Å². The zero-order valence-corrected chi connectivity index (χ0v) is 16.9. The second kappa shape index (κ2) is 6.74. The van der Waals surface area contributed by atoms with Gasteiger partial charge >= 0.3 is 0 Å². The molecule has 0 aliphatic carbocycles. The molecule has 0 unspecified atom stereocenters. The van der Waals surface area contributed by atoms with Gasteiger partial charge in [0.1, 0.15) is 0 Å². The van der Waals surface area contributed by atoms with Gasteiger partial charge in [0.25, 0.3) is 0 Å². The van der Waals surface area contributed by atoms with E-state index < -0.39 is 0 Å². The average molecular weight is 337 g/mol. The maximum Gasteiger partial charge on any atom is 0.0907 e. The van der Waals surface area contributed by atoms with Gasteiger partial charge < -0.3 is 9.80 Å². The molecule has 0 aromatic heterocycles. The van der Waals surface area contributed by atoms with Crippen LogP contribution < -0.4 is 9.80 Å². The molecular formula is C23H32N2. The zero-order valence-electron chi connectivity index (χ0n) is 16.9. The zero-order chi connectivity index (χ0) is 18.3. The van der Waals surface area contributed by atoms with Crippen molar-refractivity contribution >= 4 is 11.4 Å². The van der Waals surface area contributed by atoms with Crippen LogP contribution in [0.5, 0.6) is 0 Å². The van der Waals surface area contributed by atoms with Gasteiger partial charge in [-0.25, -0.2) is 0 Å². The van der Waals surface area contributed by atoms with Crippen LogP contribution >= 0.6 is 0 Å². The van der Waals surface area contributed by atoms with Crippen LogP contribution in [-0.4, -0.2) is 19.3 Å². The average Bonchev–Trinajstić information content (AvgIpc) is 2.88. The molecule has 2 nitrogen and oxygen atoms in total. The lowest BCUT2D eigenvalue weighted by Crippen LogP contribution is -2.31. The van der Waals surface area contributed by atoms with E-state index in [0.29, 0.717) is 6.04 Å². The molecule has 1 heterocycles. The number of hydrogen-bond donors (Lipinski definition) is 0. The monoisotopic (exact) mass is 336 g/mol. The first-order chi connectivity index (χ1) is 11.8. The number of hydrogen-bond acceptors (Lipinski definition) is 2. The van der Waals surface area contributed by atoms with Crippen LogP contribution in [0.2, 0.25) is 0 Å². The van der Waals surface area contributed by atoms with Gasteiger partial charge in [-0.1, -0.05) is 42.3 Å². The Morgan fingerprint density at radius 2 is 1.20 bits per heavy atom. The maximum absolute atomic E-state index is 2.63. The fraction of sp³-hybridized carbons (Fsp3) is 0.478. The Morgan fingerprint density at radius 1 is 0.760 bits per heavy atom. The third-order valence-corrected chi connectivity index (χ3v) is 5.54. The van der Waals surface area contributed by atoms with Crippen molar-refractivity contribution in [2.24, 2.45) is 0 Å². The van der Waals surface area contributed by atoms with Crippen LogP contribution in [0.4, 0.5) is 11.4 Å². The van der Waals surface area contributed by atoms with Gasteiger partial charge in [0.15, 0.2) is 0 Å². The highest BCUT2D eigenvalue weighted by Crippen LogP contribution is 2.36. The minimum atomic E-state index is 0.570. The summed E-state index contributed by atoms with van der Waals surface area (Å²) < 4.78 is 0. The van der Waals surface area contributed by atoms with E-state index >= 15 is 0 Å². The van der Waals surface area contributed by atoms with Crippen LogP contribution in [0.15, 0.2) is 24.3 Å². The van der Waals surface area contributed by atoms with Gasteiger partial charge in [0.2, 0.25) is 0 Å². The molecule has 0 saturated carbocycles. The van der Waals surface area contributed by atoms with Crippen molar-refractivity contribution in [3.05, 3.63) is 57.6 Å². The summed E-state index contributed by atoms with van der Waals surface area (Å²) in [4.78, 5) is 5.21. The first kappa shape index (κ1) is 17.8. The molecule has 0 N–H and O–H groups in total. The Hall–Kier alpha value is -1.96. The molecule has 2 aromatic carbocycles. The summed E-state index contributed by atoms with van der Waals surface area (Å²) in [6, 6.07) is 9.84. The summed E-state index contributed by atoms with van der Waals surface area (Å²) in [7, 11) is 0. The Morgan fingerprint density at radius 3 is 1.64 bits per heavy atom. The summed E-state index contributed by atoms with van der Waals surface area (Å²) in [6.07, 6.45) is 1.17. The van der Waals surface area contributed by atoms with Gasteiger partial charge in [-0.05, 0) is 70.2 Å². The van der Waals surface area contributed by atoms with E-state index in [1.165, 1.54) is 51.2 Å². The summed E-state index contributed by atoms with van der Waals surface area (Å²) in [5.74, 6) is 0. The number of benzene rings is 2. The van der Waals surface area contributed by atoms with Crippen molar-refractivity contribution in [1.82, 2.24) is 0 Å². The smallest absolute Gasteiger partial charge is 0.0907 e. The lowest BCUT2D eigenvalue weighted by atomic mass is 10.0. The summed E-state index contributed by atoms with van der Waals surface area (Å²) in [6.45, 7) is 17.8. The van der Waals surface area contributed by atoms with E-state index in [0.717, 1.165) is 13.2 Å². The van der Waals surface area contributed by atoms with Crippen molar-refractivity contribution in [1.29, 1.82) is 0 Å². The molecule has 3 rings (SSSR count). The van der Waals surface area contributed by atoms with Crippen LogP contribution in [-0.2, 0) is 0 Å². The largest absolute Gasteiger partial charge is 0.351 e. The number of anilines is 2. The lowest BCUT2D eigenvalue weighted by Gasteiger charge is -2.29. The molecule has 134 valence electrons. The fourth-order valence-corrected chi connectivity index (χ4v) is 4.77. The van der Waals surface area contributed by atoms with Crippen LogP contribution in [0.3, 0.4) is 0 Å². The van der Waals surface area contributed by atoms with E-state index in [9.17, 15) is 0 Å². The Kier molecular flexibility index (Phi) is 4.81. The number of rotatable bonds is 3. The second-order valence-electron chi connectivity index (χ2n) is 7.89. The van der Waals surface area contributed by atoms with E-state index in [4.69, 9.17) is 0 Å². The summed E-state index contributed by atoms with van der Waals surface area (Å²) in [5.41, 5.74) is 11.2. The lowest BCUT2D eigenvalue weighted by molar-refractivity contribution is 0.677. The Balaban J connectivity index is 2.00. The van der Waals surface area contributed by atoms with Gasteiger partial charge in [0.05, 0.1) is 6.67 Å². The second-order valence-corrected chi connectivity index (χ2v) is 7.89. The van der Waals surface area contributed by atoms with Crippen molar-refractivity contribution in [2.45, 2.75) is 60.9 Å². The molecule has 0 amide bonds. The van der Waals surface area contributed by atoms with Crippen molar-refractivity contribution in [3.63, 3.8) is 0 Å². The molecular weight excluding hydrogens is 304 g/mol. The molecule has 2 heteroatoms. The highest BCUT2D eigenvalue weighted by atomic mass is 15.4. The minimum absolute atomic E-state index is 0.570. The normalized spacial score (nSPS) is 17.5. The van der Waals surface area contributed by atoms with E-state index in [1.807, 2.05) is 0 Å². The van der Waals surface area contributed by atoms with Crippen molar-refractivity contribution in [3.8, 4) is 0 Å². The Labute approximate surface area is 153 Å². The molecule has 0 spiro atoms. The molecule has 1 aliphatic rings. The van der Waals surface area contributed by atoms with Crippen LogP contribution in [0, 0.1) is 41.5 Å². The van der Waals surface area contributed by atoms with Crippen LogP contribution in [0.1, 0.15) is 46.7 Å². The maximum atomic E-state index is 2.63. The number of nitrogens with zero attached hydrogens (tertiary/aromatic N) is 2. The highest BCUT2D eigenvalue weighted by Gasteiger charge is 2.32. The molecule has 1 aliphatic heterocycles. The third kappa shape index (κ3) is 3.27. The van der Waals surface area contributed by atoms with E-state index in [2.05, 4.69) is 82.5 Å². The molecule has 0 bridgehead atoms. The first-order valence-corrected chi connectivity index (χ1v) is 9.49. The molecule has 25 heavy (non-hydrogen) atoms. The number of aryl methyl sites for hydroxylation is 6. The van der Waals surface area contributed by atoms with Crippen molar-refractivity contribution in [2.75, 3.05) is 23.0 Å². The predicted molar refractivity (Wildman–Crippen MR) is 110 cm³/mol. The Bertz CT molecular complexity index is 745. The molecule has 0 radical (unpaired) electrons. The summed E-state index contributed by atoms with van der Waals surface area (Å²) in [5, 5.41) is 0. The highest BCUT2D eigenvalue weighted by molar-refractivity contribution is 5.67. The molecule has 2 aromatic rings. The molecule has 1 atom stereocenters. The standard InChI is InChI=1S/C23H32N2/c1-8-21-13-24(22-17(4)9-15(2)10-18(22)5)14-25(21)23-19(6)11-16(3)12-20(23)7/h9-12,21H,8,13-14H2,1-7H3/t21-/m0/s1. The van der Waals surface area contributed by atoms with Gasteiger partial charge in [-0.2, -0.15) is 0 Å².